The van der Waals surface area contributed by atoms with Crippen molar-refractivity contribution < 1.29 is 19.2 Å². The topological polar surface area (TPSA) is 74.8 Å². The Balaban J connectivity index is 3.20. The Hall–Kier alpha value is -1.98. The Labute approximate surface area is 98.9 Å². The number of hydrogen-bond donors (Lipinski definition) is 0. The van der Waals surface area contributed by atoms with Gasteiger partial charge in [-0.15, -0.1) is 0 Å². The first-order chi connectivity index (χ1) is 7.90. The van der Waals surface area contributed by atoms with Gasteiger partial charge in [0.2, 0.25) is 11.8 Å². The van der Waals surface area contributed by atoms with E-state index in [4.69, 9.17) is 0 Å². The Kier molecular flexibility index (Phi) is 3.77. The summed E-state index contributed by atoms with van der Waals surface area (Å²) in [7, 11) is 0. The number of piperazine rings is 1. The van der Waals surface area contributed by atoms with Gasteiger partial charge in [-0.3, -0.25) is 24.1 Å². The van der Waals surface area contributed by atoms with E-state index in [1.54, 1.807) is 6.92 Å². The maximum Gasteiger partial charge on any atom is 0.277 e. The van der Waals surface area contributed by atoms with Gasteiger partial charge in [0, 0.05) is 13.8 Å². The highest BCUT2D eigenvalue weighted by atomic mass is 16.2. The summed E-state index contributed by atoms with van der Waals surface area (Å²) in [4.78, 5) is 47.8. The molecule has 0 aromatic rings. The smallest absolute Gasteiger partial charge is 0.275 e. The maximum absolute atomic E-state index is 11.9. The molecule has 0 N–H and O–H groups in total. The van der Waals surface area contributed by atoms with Gasteiger partial charge in [-0.25, -0.2) is 4.90 Å². The molecule has 1 fully saturated rings. The molecule has 17 heavy (non-hydrogen) atoms. The highest BCUT2D eigenvalue weighted by Gasteiger charge is 2.38. The van der Waals surface area contributed by atoms with Gasteiger partial charge in [0.05, 0.1) is 0 Å². The highest BCUT2D eigenvalue weighted by Crippen LogP contribution is 2.17. The van der Waals surface area contributed by atoms with Crippen molar-refractivity contribution >= 4 is 23.6 Å². The van der Waals surface area contributed by atoms with E-state index in [0.29, 0.717) is 6.42 Å². The molecular formula is C11H14N2O4. The zero-order valence-corrected chi connectivity index (χ0v) is 10.0. The van der Waals surface area contributed by atoms with Crippen LogP contribution in [0.3, 0.4) is 0 Å². The Morgan fingerprint density at radius 1 is 1.24 bits per heavy atom. The van der Waals surface area contributed by atoms with Crippen LogP contribution < -0.4 is 0 Å². The molecule has 0 saturated carbocycles. The van der Waals surface area contributed by atoms with E-state index in [2.05, 4.69) is 0 Å². The lowest BCUT2D eigenvalue weighted by molar-refractivity contribution is -0.157. The van der Waals surface area contributed by atoms with Crippen LogP contribution in [-0.4, -0.2) is 40.0 Å². The molecule has 6 nitrogen and oxygen atoms in total. The summed E-state index contributed by atoms with van der Waals surface area (Å²) < 4.78 is 0. The molecule has 0 spiro atoms. The molecule has 0 bridgehead atoms. The number of nitrogens with zero attached hydrogens (tertiary/aromatic N) is 2. The fourth-order valence-corrected chi connectivity index (χ4v) is 1.62. The van der Waals surface area contributed by atoms with Crippen molar-refractivity contribution in [2.75, 3.05) is 6.54 Å². The van der Waals surface area contributed by atoms with E-state index in [1.165, 1.54) is 19.9 Å². The van der Waals surface area contributed by atoms with Gasteiger partial charge in [-0.05, 0) is 6.42 Å². The Morgan fingerprint density at radius 2 is 1.82 bits per heavy atom. The van der Waals surface area contributed by atoms with Crippen molar-refractivity contribution in [1.82, 2.24) is 9.80 Å². The van der Waals surface area contributed by atoms with Crippen molar-refractivity contribution in [3.63, 3.8) is 0 Å². The largest absolute Gasteiger partial charge is 0.277 e. The summed E-state index contributed by atoms with van der Waals surface area (Å²) in [5, 5.41) is 0. The molecule has 0 aromatic heterocycles. The molecule has 0 aromatic carbocycles. The van der Waals surface area contributed by atoms with Crippen LogP contribution in [0.1, 0.15) is 27.2 Å². The van der Waals surface area contributed by atoms with E-state index in [0.717, 1.165) is 9.80 Å². The summed E-state index contributed by atoms with van der Waals surface area (Å²) in [6, 6.07) is 0. The van der Waals surface area contributed by atoms with Crippen LogP contribution in [0.4, 0.5) is 0 Å². The van der Waals surface area contributed by atoms with Crippen molar-refractivity contribution in [2.24, 2.45) is 0 Å². The van der Waals surface area contributed by atoms with Crippen LogP contribution in [0.5, 0.6) is 0 Å². The third kappa shape index (κ3) is 2.41. The summed E-state index contributed by atoms with van der Waals surface area (Å²) in [5.74, 6) is -2.19. The van der Waals surface area contributed by atoms with E-state index in [-0.39, 0.29) is 12.2 Å². The van der Waals surface area contributed by atoms with Gasteiger partial charge in [-0.1, -0.05) is 13.0 Å². The SMILES string of the molecule is CC/C=C1/C(=O)N(C(C)=O)CC(=O)N1C(C)=O. The van der Waals surface area contributed by atoms with Crippen LogP contribution in [0, 0.1) is 0 Å². The summed E-state index contributed by atoms with van der Waals surface area (Å²) in [6.45, 7) is 3.81. The first-order valence-corrected chi connectivity index (χ1v) is 5.26. The molecule has 1 heterocycles. The van der Waals surface area contributed by atoms with Gasteiger partial charge in [0.1, 0.15) is 12.2 Å². The molecule has 1 saturated heterocycles. The zero-order chi connectivity index (χ0) is 13.2. The highest BCUT2D eigenvalue weighted by molar-refractivity contribution is 6.15. The minimum atomic E-state index is -0.603. The second-order valence-electron chi connectivity index (χ2n) is 3.66. The number of carbonyl (C=O) groups is 4. The minimum Gasteiger partial charge on any atom is -0.275 e. The average Bonchev–Trinajstić information content (AvgIpc) is 2.22. The maximum atomic E-state index is 11.9. The predicted octanol–water partition coefficient (Wildman–Crippen LogP) is 0.0441. The Bertz CT molecular complexity index is 425. The fraction of sp³-hybridized carbons (Fsp3) is 0.455. The van der Waals surface area contributed by atoms with E-state index in [9.17, 15) is 19.2 Å². The van der Waals surface area contributed by atoms with Crippen LogP contribution in [0.15, 0.2) is 11.8 Å². The number of hydrogen-bond acceptors (Lipinski definition) is 4. The van der Waals surface area contributed by atoms with Gasteiger partial charge < -0.3 is 0 Å². The first kappa shape index (κ1) is 13.1. The van der Waals surface area contributed by atoms with Gasteiger partial charge >= 0.3 is 0 Å². The molecule has 6 heteroatoms. The van der Waals surface area contributed by atoms with Crippen molar-refractivity contribution in [2.45, 2.75) is 27.2 Å². The van der Waals surface area contributed by atoms with Crippen LogP contribution in [-0.2, 0) is 19.2 Å². The number of amides is 4. The Morgan fingerprint density at radius 3 is 2.24 bits per heavy atom. The quantitative estimate of drug-likeness (QED) is 0.605. The summed E-state index contributed by atoms with van der Waals surface area (Å²) in [5.41, 5.74) is -0.0357. The summed E-state index contributed by atoms with van der Waals surface area (Å²) >= 11 is 0. The predicted molar refractivity (Wildman–Crippen MR) is 58.3 cm³/mol. The van der Waals surface area contributed by atoms with Crippen LogP contribution >= 0.6 is 0 Å². The molecule has 0 radical (unpaired) electrons. The lowest BCUT2D eigenvalue weighted by Gasteiger charge is -2.32. The van der Waals surface area contributed by atoms with Crippen molar-refractivity contribution in [3.05, 3.63) is 11.8 Å². The van der Waals surface area contributed by atoms with Crippen molar-refractivity contribution in [1.29, 1.82) is 0 Å². The average molecular weight is 238 g/mol. The molecule has 0 atom stereocenters. The van der Waals surface area contributed by atoms with Crippen LogP contribution in [0.25, 0.3) is 0 Å². The molecule has 0 unspecified atom stereocenters. The number of allylic oxidation sites excluding steroid dienone is 1. The van der Waals surface area contributed by atoms with E-state index >= 15 is 0 Å². The van der Waals surface area contributed by atoms with Gasteiger partial charge in [0.25, 0.3) is 11.8 Å². The molecule has 1 aliphatic rings. The van der Waals surface area contributed by atoms with Crippen LogP contribution in [0.2, 0.25) is 0 Å². The lowest BCUT2D eigenvalue weighted by Crippen LogP contribution is -2.54. The number of rotatable bonds is 1. The molecule has 0 aliphatic carbocycles. The third-order valence-corrected chi connectivity index (χ3v) is 2.34. The first-order valence-electron chi connectivity index (χ1n) is 5.26. The lowest BCUT2D eigenvalue weighted by atomic mass is 10.2. The normalized spacial score (nSPS) is 18.9. The molecule has 1 aliphatic heterocycles. The number of imide groups is 2. The third-order valence-electron chi connectivity index (χ3n) is 2.34. The van der Waals surface area contributed by atoms with Crippen molar-refractivity contribution in [3.8, 4) is 0 Å². The van der Waals surface area contributed by atoms with Gasteiger partial charge in [0.15, 0.2) is 0 Å². The second kappa shape index (κ2) is 4.90. The summed E-state index contributed by atoms with van der Waals surface area (Å²) in [6.07, 6.45) is 1.96. The minimum absolute atomic E-state index is 0.0357. The molecule has 1 rings (SSSR count). The standard InChI is InChI=1S/C11H14N2O4/c1-4-5-9-11(17)12(7(2)14)6-10(16)13(9)8(3)15/h5H,4,6H2,1-3H3/b9-5-. The monoisotopic (exact) mass is 238 g/mol. The second-order valence-corrected chi connectivity index (χ2v) is 3.66. The van der Waals surface area contributed by atoms with Gasteiger partial charge in [-0.2, -0.15) is 0 Å². The molecular weight excluding hydrogens is 224 g/mol. The number of carbonyl (C=O) groups excluding carboxylic acids is 4. The van der Waals surface area contributed by atoms with E-state index in [1.807, 2.05) is 0 Å². The van der Waals surface area contributed by atoms with E-state index < -0.39 is 23.6 Å². The fourth-order valence-electron chi connectivity index (χ4n) is 1.62. The molecule has 4 amide bonds. The zero-order valence-electron chi connectivity index (χ0n) is 10.0. The molecule has 92 valence electrons.